The Kier molecular flexibility index (Phi) is 7.02. The largest absolute Gasteiger partial charge is 0.342 e. The lowest BCUT2D eigenvalue weighted by atomic mass is 10.1. The number of halogens is 1. The molecule has 33 heavy (non-hydrogen) atoms. The molecule has 0 bridgehead atoms. The zero-order valence-electron chi connectivity index (χ0n) is 19.1. The minimum atomic E-state index is -4.06. The van der Waals surface area contributed by atoms with Crippen molar-refractivity contribution in [3.63, 3.8) is 0 Å². The van der Waals surface area contributed by atoms with E-state index in [0.717, 1.165) is 30.4 Å². The molecule has 2 amide bonds. The van der Waals surface area contributed by atoms with Gasteiger partial charge in [0.15, 0.2) is 0 Å². The Balaban J connectivity index is 1.49. The molecule has 1 unspecified atom stereocenters. The van der Waals surface area contributed by atoms with Crippen molar-refractivity contribution in [1.82, 2.24) is 19.4 Å². The number of carbonyl (C=O) groups is 2. The highest BCUT2D eigenvalue weighted by atomic mass is 35.5. The number of nitrogens with zero attached hydrogens (tertiary/aromatic N) is 3. The van der Waals surface area contributed by atoms with E-state index >= 15 is 0 Å². The summed E-state index contributed by atoms with van der Waals surface area (Å²) >= 11 is 6.14. The molecule has 3 aliphatic heterocycles. The Morgan fingerprint density at radius 1 is 1.15 bits per heavy atom. The number of carbonyl (C=O) groups excluding carboxylic acids is 2. The number of sulfonamides is 1. The van der Waals surface area contributed by atoms with Crippen LogP contribution in [0.5, 0.6) is 0 Å². The van der Waals surface area contributed by atoms with Gasteiger partial charge in [-0.3, -0.25) is 13.9 Å². The molecular formula is C23H31ClN4O4S. The Morgan fingerprint density at radius 3 is 2.61 bits per heavy atom. The summed E-state index contributed by atoms with van der Waals surface area (Å²) in [4.78, 5) is 30.0. The summed E-state index contributed by atoms with van der Waals surface area (Å²) in [6.45, 7) is 7.92. The minimum Gasteiger partial charge on any atom is -0.342 e. The van der Waals surface area contributed by atoms with E-state index in [0.29, 0.717) is 35.2 Å². The van der Waals surface area contributed by atoms with E-state index < -0.39 is 22.0 Å². The van der Waals surface area contributed by atoms with Crippen LogP contribution >= 0.6 is 11.6 Å². The molecule has 180 valence electrons. The van der Waals surface area contributed by atoms with E-state index in [1.54, 1.807) is 24.8 Å². The summed E-state index contributed by atoms with van der Waals surface area (Å²) in [6, 6.07) is 1.97. The maximum Gasteiger partial charge on any atom is 0.264 e. The van der Waals surface area contributed by atoms with Crippen LogP contribution in [-0.4, -0.2) is 73.1 Å². The van der Waals surface area contributed by atoms with Crippen LogP contribution in [0.2, 0.25) is 5.02 Å². The fourth-order valence-corrected chi connectivity index (χ4v) is 6.88. The van der Waals surface area contributed by atoms with Gasteiger partial charge in [0, 0.05) is 37.1 Å². The summed E-state index contributed by atoms with van der Waals surface area (Å²) in [6.07, 6.45) is 5.81. The van der Waals surface area contributed by atoms with Gasteiger partial charge in [-0.15, -0.1) is 0 Å². The van der Waals surface area contributed by atoms with Crippen molar-refractivity contribution in [2.45, 2.75) is 50.5 Å². The number of rotatable bonds is 6. The first-order chi connectivity index (χ1) is 15.7. The second kappa shape index (κ2) is 9.64. The van der Waals surface area contributed by atoms with Crippen molar-refractivity contribution in [1.29, 1.82) is 0 Å². The topological polar surface area (TPSA) is 90.0 Å². The zero-order chi connectivity index (χ0) is 23.8. The summed E-state index contributed by atoms with van der Waals surface area (Å²) in [5, 5.41) is 3.02. The Bertz CT molecular complexity index is 1070. The van der Waals surface area contributed by atoms with Crippen LogP contribution in [-0.2, 0) is 19.6 Å². The predicted octanol–water partition coefficient (Wildman–Crippen LogP) is 2.25. The van der Waals surface area contributed by atoms with Gasteiger partial charge in [0.25, 0.3) is 10.0 Å². The van der Waals surface area contributed by atoms with E-state index in [-0.39, 0.29) is 17.2 Å². The molecule has 0 spiro atoms. The SMILES string of the molecule is Cc1cc(S(=O)(=O)N2C=CNC(=O)[C@H]2CC(=O)N2CCC(CN3CCCC3)C2)c(C)cc1Cl. The van der Waals surface area contributed by atoms with Crippen molar-refractivity contribution < 1.29 is 18.0 Å². The maximum atomic E-state index is 13.5. The molecule has 10 heteroatoms. The fraction of sp³-hybridized carbons (Fsp3) is 0.565. The van der Waals surface area contributed by atoms with Crippen molar-refractivity contribution in [3.8, 4) is 0 Å². The van der Waals surface area contributed by atoms with E-state index in [9.17, 15) is 18.0 Å². The molecule has 8 nitrogen and oxygen atoms in total. The number of hydrogen-bond donors (Lipinski definition) is 1. The Labute approximate surface area is 200 Å². The van der Waals surface area contributed by atoms with Gasteiger partial charge >= 0.3 is 0 Å². The monoisotopic (exact) mass is 494 g/mol. The Hall–Kier alpha value is -2.10. The smallest absolute Gasteiger partial charge is 0.264 e. The van der Waals surface area contributed by atoms with Crippen LogP contribution in [0.1, 0.15) is 36.8 Å². The molecule has 0 radical (unpaired) electrons. The van der Waals surface area contributed by atoms with Crippen LogP contribution in [0.4, 0.5) is 0 Å². The number of hydrogen-bond acceptors (Lipinski definition) is 5. The molecule has 2 fully saturated rings. The van der Waals surface area contributed by atoms with E-state index in [4.69, 9.17) is 11.6 Å². The second-order valence-electron chi connectivity index (χ2n) is 9.25. The van der Waals surface area contributed by atoms with E-state index in [1.165, 1.54) is 31.3 Å². The molecule has 4 rings (SSSR count). The van der Waals surface area contributed by atoms with Gasteiger partial charge in [0.2, 0.25) is 11.8 Å². The molecule has 0 saturated carbocycles. The third kappa shape index (κ3) is 5.05. The third-order valence-electron chi connectivity index (χ3n) is 6.79. The average molecular weight is 495 g/mol. The molecule has 1 N–H and O–H groups in total. The van der Waals surface area contributed by atoms with Gasteiger partial charge in [-0.2, -0.15) is 0 Å². The summed E-state index contributed by atoms with van der Waals surface area (Å²) in [5.41, 5.74) is 1.11. The van der Waals surface area contributed by atoms with Crippen molar-refractivity contribution in [3.05, 3.63) is 40.7 Å². The van der Waals surface area contributed by atoms with Crippen LogP contribution in [0.25, 0.3) is 0 Å². The lowest BCUT2D eigenvalue weighted by Gasteiger charge is -2.32. The van der Waals surface area contributed by atoms with E-state index in [1.807, 2.05) is 0 Å². The van der Waals surface area contributed by atoms with Gasteiger partial charge < -0.3 is 15.1 Å². The first-order valence-corrected chi connectivity index (χ1v) is 13.3. The highest BCUT2D eigenvalue weighted by Gasteiger charge is 2.39. The summed E-state index contributed by atoms with van der Waals surface area (Å²) in [5.74, 6) is -0.282. The molecule has 3 aliphatic rings. The highest BCUT2D eigenvalue weighted by Crippen LogP contribution is 2.29. The molecule has 0 aromatic heterocycles. The van der Waals surface area contributed by atoms with Crippen molar-refractivity contribution >= 4 is 33.4 Å². The van der Waals surface area contributed by atoms with Gasteiger partial charge in [-0.1, -0.05) is 11.6 Å². The van der Waals surface area contributed by atoms with Crippen LogP contribution in [0.3, 0.4) is 0 Å². The number of nitrogens with one attached hydrogen (secondary N) is 1. The summed E-state index contributed by atoms with van der Waals surface area (Å²) < 4.78 is 28.0. The molecule has 0 aliphatic carbocycles. The molecule has 1 aromatic rings. The van der Waals surface area contributed by atoms with Gasteiger partial charge in [-0.25, -0.2) is 8.42 Å². The summed E-state index contributed by atoms with van der Waals surface area (Å²) in [7, 11) is -4.06. The lowest BCUT2D eigenvalue weighted by Crippen LogP contribution is -2.51. The maximum absolute atomic E-state index is 13.5. The van der Waals surface area contributed by atoms with E-state index in [2.05, 4.69) is 10.2 Å². The van der Waals surface area contributed by atoms with Crippen molar-refractivity contribution in [2.24, 2.45) is 5.92 Å². The predicted molar refractivity (Wildman–Crippen MR) is 126 cm³/mol. The number of amides is 2. The average Bonchev–Trinajstić information content (AvgIpc) is 3.44. The van der Waals surface area contributed by atoms with Gasteiger partial charge in [0.05, 0.1) is 11.3 Å². The molecule has 2 atom stereocenters. The highest BCUT2D eigenvalue weighted by molar-refractivity contribution is 7.89. The standard InChI is InChI=1S/C23H31ClN4O4S/c1-16-12-21(17(2)11-19(16)24)33(31,32)28-10-6-25-23(30)20(28)13-22(29)27-9-5-18(15-27)14-26-7-3-4-8-26/h6,10-12,18,20H,3-5,7-9,13-15H2,1-2H3,(H,25,30)/t18?,20-/m1/s1. The second-order valence-corrected chi connectivity index (χ2v) is 11.5. The lowest BCUT2D eigenvalue weighted by molar-refractivity contribution is -0.135. The quantitative estimate of drug-likeness (QED) is 0.655. The van der Waals surface area contributed by atoms with Crippen LogP contribution in [0.15, 0.2) is 29.4 Å². The van der Waals surface area contributed by atoms with Crippen molar-refractivity contribution in [2.75, 3.05) is 32.7 Å². The van der Waals surface area contributed by atoms with Crippen LogP contribution < -0.4 is 5.32 Å². The molecule has 2 saturated heterocycles. The molecule has 1 aromatic carbocycles. The number of benzene rings is 1. The van der Waals surface area contributed by atoms with Gasteiger partial charge in [-0.05, 0) is 75.4 Å². The first kappa shape index (κ1) is 24.0. The normalized spacial score (nSPS) is 23.9. The Morgan fingerprint density at radius 2 is 1.88 bits per heavy atom. The first-order valence-electron chi connectivity index (χ1n) is 11.4. The zero-order valence-corrected chi connectivity index (χ0v) is 20.7. The third-order valence-corrected chi connectivity index (χ3v) is 9.12. The number of likely N-dealkylation sites (tertiary alicyclic amines) is 2. The van der Waals surface area contributed by atoms with Crippen LogP contribution in [0, 0.1) is 19.8 Å². The number of aryl methyl sites for hydroxylation is 2. The molecule has 3 heterocycles. The minimum absolute atomic E-state index is 0.0769. The fourth-order valence-electron chi connectivity index (χ4n) is 4.92. The van der Waals surface area contributed by atoms with Gasteiger partial charge in [0.1, 0.15) is 6.04 Å². The molecular weight excluding hydrogens is 464 g/mol.